The lowest BCUT2D eigenvalue weighted by atomic mass is 10.00. The molecule has 1 saturated heterocycles. The van der Waals surface area contributed by atoms with Gasteiger partial charge in [-0.2, -0.15) is 5.10 Å². The summed E-state index contributed by atoms with van der Waals surface area (Å²) >= 11 is 5.71. The first kappa shape index (κ1) is 12.6. The molecule has 4 nitrogen and oxygen atoms in total. The van der Waals surface area contributed by atoms with E-state index in [0.717, 1.165) is 31.1 Å². The Bertz CT molecular complexity index is 377. The summed E-state index contributed by atoms with van der Waals surface area (Å²) in [6.45, 7) is 7.51. The Balaban J connectivity index is 2.12. The second kappa shape index (κ2) is 4.78. The fourth-order valence-corrected chi connectivity index (χ4v) is 2.17. The van der Waals surface area contributed by atoms with Gasteiger partial charge in [-0.05, 0) is 33.0 Å². The molecule has 1 aromatic heterocycles. The van der Waals surface area contributed by atoms with Crippen LogP contribution in [-0.2, 0) is 5.88 Å². The molecule has 0 saturated carbocycles. The van der Waals surface area contributed by atoms with Gasteiger partial charge in [0.15, 0.2) is 5.82 Å². The molecule has 0 bridgehead atoms. The van der Waals surface area contributed by atoms with Gasteiger partial charge in [-0.25, -0.2) is 0 Å². The maximum Gasteiger partial charge on any atom is 0.151 e. The molecule has 1 aliphatic heterocycles. The monoisotopic (exact) mass is 254 g/mol. The van der Waals surface area contributed by atoms with Crippen LogP contribution in [0.3, 0.4) is 0 Å². The Morgan fingerprint density at radius 2 is 2.06 bits per heavy atom. The molecular formula is C12H19ClN4. The van der Waals surface area contributed by atoms with Gasteiger partial charge in [0.1, 0.15) is 0 Å². The predicted octanol–water partition coefficient (Wildman–Crippen LogP) is 1.75. The Morgan fingerprint density at radius 1 is 1.29 bits per heavy atom. The van der Waals surface area contributed by atoms with Crippen LogP contribution >= 0.6 is 11.6 Å². The highest BCUT2D eigenvalue weighted by molar-refractivity contribution is 6.16. The number of rotatable bonds is 2. The van der Waals surface area contributed by atoms with Crippen molar-refractivity contribution in [1.82, 2.24) is 15.1 Å². The van der Waals surface area contributed by atoms with Gasteiger partial charge in [0.25, 0.3) is 0 Å². The van der Waals surface area contributed by atoms with E-state index in [2.05, 4.69) is 40.9 Å². The summed E-state index contributed by atoms with van der Waals surface area (Å²) in [6.07, 6.45) is 0. The fourth-order valence-electron chi connectivity index (χ4n) is 2.03. The van der Waals surface area contributed by atoms with Crippen LogP contribution in [0.1, 0.15) is 19.5 Å². The number of aromatic nitrogens is 2. The van der Waals surface area contributed by atoms with Crippen molar-refractivity contribution in [2.45, 2.75) is 25.3 Å². The summed E-state index contributed by atoms with van der Waals surface area (Å²) in [6, 6.07) is 3.95. The van der Waals surface area contributed by atoms with Crippen molar-refractivity contribution in [3.8, 4) is 0 Å². The molecule has 1 aliphatic rings. The molecule has 1 aromatic rings. The lowest BCUT2D eigenvalue weighted by molar-refractivity contribution is 0.138. The van der Waals surface area contributed by atoms with E-state index in [-0.39, 0.29) is 5.54 Å². The molecule has 2 heterocycles. The number of likely N-dealkylation sites (N-methyl/N-ethyl adjacent to an activating group) is 1. The average Bonchev–Trinajstić information content (AvgIpc) is 2.33. The normalized spacial score (nSPS) is 20.6. The molecule has 1 fully saturated rings. The van der Waals surface area contributed by atoms with Crippen molar-refractivity contribution in [3.63, 3.8) is 0 Å². The largest absolute Gasteiger partial charge is 0.352 e. The number of hydrogen-bond acceptors (Lipinski definition) is 4. The number of hydrogen-bond donors (Lipinski definition) is 0. The molecule has 0 spiro atoms. The third-order valence-electron chi connectivity index (χ3n) is 3.48. The Labute approximate surface area is 108 Å². The molecule has 2 rings (SSSR count). The van der Waals surface area contributed by atoms with Crippen molar-refractivity contribution in [3.05, 3.63) is 17.8 Å². The van der Waals surface area contributed by atoms with E-state index >= 15 is 0 Å². The maximum absolute atomic E-state index is 5.71. The van der Waals surface area contributed by atoms with Crippen molar-refractivity contribution >= 4 is 17.4 Å². The maximum atomic E-state index is 5.71. The Hall–Kier alpha value is -0.870. The van der Waals surface area contributed by atoms with E-state index in [4.69, 9.17) is 11.6 Å². The topological polar surface area (TPSA) is 32.3 Å². The van der Waals surface area contributed by atoms with Crippen LogP contribution in [-0.4, -0.2) is 47.3 Å². The lowest BCUT2D eigenvalue weighted by Crippen LogP contribution is -2.57. The van der Waals surface area contributed by atoms with E-state index in [9.17, 15) is 0 Å². The summed E-state index contributed by atoms with van der Waals surface area (Å²) in [5, 5.41) is 8.34. The number of piperazine rings is 1. The first-order chi connectivity index (χ1) is 8.03. The zero-order chi connectivity index (χ0) is 12.5. The number of anilines is 1. The number of nitrogens with zero attached hydrogens (tertiary/aromatic N) is 4. The summed E-state index contributed by atoms with van der Waals surface area (Å²) < 4.78 is 0. The van der Waals surface area contributed by atoms with E-state index in [1.54, 1.807) is 0 Å². The molecule has 0 radical (unpaired) electrons. The highest BCUT2D eigenvalue weighted by Gasteiger charge is 2.31. The molecule has 0 amide bonds. The molecule has 5 heteroatoms. The summed E-state index contributed by atoms with van der Waals surface area (Å²) in [5.41, 5.74) is 0.995. The van der Waals surface area contributed by atoms with Crippen molar-refractivity contribution < 1.29 is 0 Å². The third-order valence-corrected chi connectivity index (χ3v) is 3.76. The molecule has 0 aliphatic carbocycles. The van der Waals surface area contributed by atoms with Gasteiger partial charge in [-0.3, -0.25) is 4.90 Å². The van der Waals surface area contributed by atoms with Gasteiger partial charge in [0, 0.05) is 25.2 Å². The highest BCUT2D eigenvalue weighted by Crippen LogP contribution is 2.22. The first-order valence-corrected chi connectivity index (χ1v) is 6.41. The van der Waals surface area contributed by atoms with Crippen LogP contribution in [0.15, 0.2) is 12.1 Å². The Morgan fingerprint density at radius 3 is 2.59 bits per heavy atom. The van der Waals surface area contributed by atoms with Crippen molar-refractivity contribution in [1.29, 1.82) is 0 Å². The van der Waals surface area contributed by atoms with Crippen LogP contribution in [0.25, 0.3) is 0 Å². The zero-order valence-corrected chi connectivity index (χ0v) is 11.4. The number of halogens is 1. The van der Waals surface area contributed by atoms with Crippen LogP contribution in [0, 0.1) is 0 Å². The van der Waals surface area contributed by atoms with E-state index in [1.807, 2.05) is 12.1 Å². The molecule has 94 valence electrons. The summed E-state index contributed by atoms with van der Waals surface area (Å²) in [5.74, 6) is 1.36. The van der Waals surface area contributed by atoms with E-state index < -0.39 is 0 Å². The molecular weight excluding hydrogens is 236 g/mol. The smallest absolute Gasteiger partial charge is 0.151 e. The van der Waals surface area contributed by atoms with E-state index in [0.29, 0.717) is 5.88 Å². The fraction of sp³-hybridized carbons (Fsp3) is 0.667. The standard InChI is InChI=1S/C12H19ClN4/c1-12(2)9-17(7-6-16(12)3)11-5-4-10(8-13)14-15-11/h4-5H,6-9H2,1-3H3. The van der Waals surface area contributed by atoms with Crippen LogP contribution in [0.4, 0.5) is 5.82 Å². The lowest BCUT2D eigenvalue weighted by Gasteiger charge is -2.45. The quantitative estimate of drug-likeness (QED) is 0.753. The first-order valence-electron chi connectivity index (χ1n) is 5.88. The van der Waals surface area contributed by atoms with Crippen LogP contribution in [0.5, 0.6) is 0 Å². The van der Waals surface area contributed by atoms with Crippen molar-refractivity contribution in [2.24, 2.45) is 0 Å². The zero-order valence-electron chi connectivity index (χ0n) is 10.6. The Kier molecular flexibility index (Phi) is 3.54. The minimum atomic E-state index is 0.172. The summed E-state index contributed by atoms with van der Waals surface area (Å²) in [4.78, 5) is 4.66. The minimum absolute atomic E-state index is 0.172. The molecule has 0 aromatic carbocycles. The average molecular weight is 255 g/mol. The predicted molar refractivity (Wildman–Crippen MR) is 70.5 cm³/mol. The van der Waals surface area contributed by atoms with Crippen molar-refractivity contribution in [2.75, 3.05) is 31.6 Å². The van der Waals surface area contributed by atoms with Gasteiger partial charge in [0.05, 0.1) is 11.6 Å². The molecule has 0 N–H and O–H groups in total. The highest BCUT2D eigenvalue weighted by atomic mass is 35.5. The van der Waals surface area contributed by atoms with Gasteiger partial charge >= 0.3 is 0 Å². The minimum Gasteiger partial charge on any atom is -0.352 e. The van der Waals surface area contributed by atoms with E-state index in [1.165, 1.54) is 0 Å². The van der Waals surface area contributed by atoms with Gasteiger partial charge in [-0.1, -0.05) is 0 Å². The second-order valence-corrected chi connectivity index (χ2v) is 5.44. The van der Waals surface area contributed by atoms with Crippen LogP contribution in [0.2, 0.25) is 0 Å². The van der Waals surface area contributed by atoms with Gasteiger partial charge in [0.2, 0.25) is 0 Å². The molecule has 0 atom stereocenters. The van der Waals surface area contributed by atoms with Crippen LogP contribution < -0.4 is 4.90 Å². The molecule has 0 unspecified atom stereocenters. The molecule has 17 heavy (non-hydrogen) atoms. The number of alkyl halides is 1. The van der Waals surface area contributed by atoms with Gasteiger partial charge in [-0.15, -0.1) is 16.7 Å². The second-order valence-electron chi connectivity index (χ2n) is 5.17. The third kappa shape index (κ3) is 2.69. The summed E-state index contributed by atoms with van der Waals surface area (Å²) in [7, 11) is 2.17. The van der Waals surface area contributed by atoms with Gasteiger partial charge < -0.3 is 4.90 Å². The SMILES string of the molecule is CN1CCN(c2ccc(CCl)nn2)CC1(C)C.